The maximum atomic E-state index is 13.6. The number of para-hydroxylation sites is 1. The summed E-state index contributed by atoms with van der Waals surface area (Å²) in [5.74, 6) is -3.22. The molecule has 1 aliphatic rings. The van der Waals surface area contributed by atoms with Gasteiger partial charge in [-0.2, -0.15) is 0 Å². The maximum Gasteiger partial charge on any atom is 0.328 e. The molecule has 5 nitrogen and oxygen atoms in total. The molecular formula is C16H17F2NO4. The van der Waals surface area contributed by atoms with Crippen LogP contribution in [0.15, 0.2) is 30.0 Å². The quantitative estimate of drug-likeness (QED) is 0.754. The van der Waals surface area contributed by atoms with E-state index < -0.39 is 35.3 Å². The molecule has 0 radical (unpaired) electrons. The third kappa shape index (κ3) is 3.67. The van der Waals surface area contributed by atoms with E-state index in [9.17, 15) is 18.4 Å². The average molecular weight is 325 g/mol. The standard InChI is InChI=1S/C16H17F2NO4/c1-3-5-13(16(21)22-2)19-9-10(8-14(19)20)23-15-11(17)6-4-7-12(15)18/h4,6-8,13H,3,5,9H2,1-2H3/t13-/m0/s1. The second kappa shape index (κ2) is 7.21. The number of hydrogen-bond acceptors (Lipinski definition) is 4. The number of amides is 1. The number of halogens is 2. The van der Waals surface area contributed by atoms with Crippen LogP contribution in [-0.2, 0) is 14.3 Å². The van der Waals surface area contributed by atoms with Gasteiger partial charge in [0.25, 0.3) is 5.91 Å². The van der Waals surface area contributed by atoms with Gasteiger partial charge in [-0.15, -0.1) is 0 Å². The smallest absolute Gasteiger partial charge is 0.328 e. The fourth-order valence-corrected chi connectivity index (χ4v) is 2.36. The summed E-state index contributed by atoms with van der Waals surface area (Å²) in [5.41, 5.74) is 0. The molecule has 0 saturated carbocycles. The lowest BCUT2D eigenvalue weighted by atomic mass is 10.1. The molecule has 0 aromatic heterocycles. The van der Waals surface area contributed by atoms with Gasteiger partial charge in [0.2, 0.25) is 0 Å². The van der Waals surface area contributed by atoms with Gasteiger partial charge in [-0.1, -0.05) is 19.4 Å². The van der Waals surface area contributed by atoms with Gasteiger partial charge in [0.1, 0.15) is 11.8 Å². The van der Waals surface area contributed by atoms with E-state index in [0.29, 0.717) is 12.8 Å². The number of esters is 1. The molecule has 0 unspecified atom stereocenters. The van der Waals surface area contributed by atoms with E-state index in [1.54, 1.807) is 0 Å². The Labute approximate surface area is 132 Å². The van der Waals surface area contributed by atoms with Crippen LogP contribution < -0.4 is 4.74 Å². The van der Waals surface area contributed by atoms with Gasteiger partial charge >= 0.3 is 5.97 Å². The zero-order valence-corrected chi connectivity index (χ0v) is 12.8. The second-order valence-corrected chi connectivity index (χ2v) is 5.06. The summed E-state index contributed by atoms with van der Waals surface area (Å²) in [6, 6.07) is 2.58. The number of carbonyl (C=O) groups excluding carboxylic acids is 2. The van der Waals surface area contributed by atoms with Gasteiger partial charge in [-0.05, 0) is 18.6 Å². The Bertz CT molecular complexity index is 625. The number of rotatable bonds is 6. The highest BCUT2D eigenvalue weighted by Gasteiger charge is 2.34. The van der Waals surface area contributed by atoms with Crippen molar-refractivity contribution in [3.8, 4) is 5.75 Å². The molecule has 1 aromatic carbocycles. The molecule has 1 aromatic rings. The first kappa shape index (κ1) is 16.9. The molecule has 0 bridgehead atoms. The summed E-state index contributed by atoms with van der Waals surface area (Å²) in [7, 11) is 1.24. The molecule has 0 spiro atoms. The van der Waals surface area contributed by atoms with Crippen LogP contribution in [0.5, 0.6) is 5.75 Å². The van der Waals surface area contributed by atoms with Crippen molar-refractivity contribution in [3.05, 3.63) is 41.7 Å². The van der Waals surface area contributed by atoms with Gasteiger partial charge in [0.15, 0.2) is 17.4 Å². The van der Waals surface area contributed by atoms with Crippen LogP contribution in [-0.4, -0.2) is 36.5 Å². The molecule has 23 heavy (non-hydrogen) atoms. The Balaban J connectivity index is 2.15. The fourth-order valence-electron chi connectivity index (χ4n) is 2.36. The Hall–Kier alpha value is -2.44. The molecule has 0 N–H and O–H groups in total. The van der Waals surface area contributed by atoms with Crippen LogP contribution in [0.1, 0.15) is 19.8 Å². The Kier molecular flexibility index (Phi) is 5.31. The Morgan fingerprint density at radius 1 is 1.35 bits per heavy atom. The summed E-state index contributed by atoms with van der Waals surface area (Å²) in [5, 5.41) is 0. The van der Waals surface area contributed by atoms with Crippen molar-refractivity contribution in [2.24, 2.45) is 0 Å². The lowest BCUT2D eigenvalue weighted by Crippen LogP contribution is -2.43. The molecule has 1 heterocycles. The normalized spacial score (nSPS) is 15.4. The molecule has 0 saturated heterocycles. The number of ether oxygens (including phenoxy) is 2. The fraction of sp³-hybridized carbons (Fsp3) is 0.375. The number of hydrogen-bond donors (Lipinski definition) is 0. The lowest BCUT2D eigenvalue weighted by molar-refractivity contribution is -0.151. The first-order chi connectivity index (χ1) is 11.0. The average Bonchev–Trinajstić information content (AvgIpc) is 2.88. The van der Waals surface area contributed by atoms with Crippen LogP contribution in [0.4, 0.5) is 8.78 Å². The van der Waals surface area contributed by atoms with Crippen molar-refractivity contribution in [1.82, 2.24) is 4.90 Å². The lowest BCUT2D eigenvalue weighted by Gasteiger charge is -2.25. The van der Waals surface area contributed by atoms with Crippen LogP contribution >= 0.6 is 0 Å². The molecule has 2 rings (SSSR count). The zero-order valence-electron chi connectivity index (χ0n) is 12.8. The maximum absolute atomic E-state index is 13.6. The first-order valence-electron chi connectivity index (χ1n) is 7.18. The minimum Gasteiger partial charge on any atom is -0.467 e. The summed E-state index contributed by atoms with van der Waals surface area (Å²) < 4.78 is 37.1. The minimum absolute atomic E-state index is 0.0492. The topological polar surface area (TPSA) is 55.8 Å². The number of carbonyl (C=O) groups is 2. The molecule has 1 amide bonds. The third-order valence-electron chi connectivity index (χ3n) is 3.46. The largest absolute Gasteiger partial charge is 0.467 e. The van der Waals surface area contributed by atoms with Crippen molar-refractivity contribution < 1.29 is 27.8 Å². The summed E-state index contributed by atoms with van der Waals surface area (Å²) in [6.07, 6.45) is 2.22. The van der Waals surface area contributed by atoms with Crippen molar-refractivity contribution in [2.45, 2.75) is 25.8 Å². The van der Waals surface area contributed by atoms with Crippen LogP contribution in [0.3, 0.4) is 0 Å². The van der Waals surface area contributed by atoms with Crippen molar-refractivity contribution in [2.75, 3.05) is 13.7 Å². The number of methoxy groups -OCH3 is 1. The van der Waals surface area contributed by atoms with Gasteiger partial charge in [0.05, 0.1) is 13.7 Å². The van der Waals surface area contributed by atoms with Gasteiger partial charge in [-0.25, -0.2) is 13.6 Å². The molecular weight excluding hydrogens is 308 g/mol. The summed E-state index contributed by atoms with van der Waals surface area (Å²) in [4.78, 5) is 25.1. The Morgan fingerprint density at radius 2 is 2.00 bits per heavy atom. The van der Waals surface area contributed by atoms with Crippen molar-refractivity contribution in [3.63, 3.8) is 0 Å². The summed E-state index contributed by atoms with van der Waals surface area (Å²) in [6.45, 7) is 1.82. The molecule has 0 aliphatic carbocycles. The monoisotopic (exact) mass is 325 g/mol. The molecule has 124 valence electrons. The molecule has 1 atom stereocenters. The molecule has 1 aliphatic heterocycles. The van der Waals surface area contributed by atoms with E-state index in [2.05, 4.69) is 0 Å². The van der Waals surface area contributed by atoms with Gasteiger partial charge < -0.3 is 14.4 Å². The van der Waals surface area contributed by atoms with Crippen LogP contribution in [0, 0.1) is 11.6 Å². The molecule has 0 fully saturated rings. The number of benzene rings is 1. The van der Waals surface area contributed by atoms with E-state index in [-0.39, 0.29) is 12.3 Å². The zero-order chi connectivity index (χ0) is 17.0. The van der Waals surface area contributed by atoms with E-state index >= 15 is 0 Å². The van der Waals surface area contributed by atoms with Crippen LogP contribution in [0.25, 0.3) is 0 Å². The Morgan fingerprint density at radius 3 is 2.57 bits per heavy atom. The first-order valence-corrected chi connectivity index (χ1v) is 7.18. The second-order valence-electron chi connectivity index (χ2n) is 5.06. The third-order valence-corrected chi connectivity index (χ3v) is 3.46. The van der Waals surface area contributed by atoms with E-state index in [1.807, 2.05) is 6.92 Å². The van der Waals surface area contributed by atoms with Crippen LogP contribution in [0.2, 0.25) is 0 Å². The van der Waals surface area contributed by atoms with Gasteiger partial charge in [0, 0.05) is 6.08 Å². The van der Waals surface area contributed by atoms with Crippen molar-refractivity contribution in [1.29, 1.82) is 0 Å². The SMILES string of the molecule is CCC[C@@H](C(=O)OC)N1CC(Oc2c(F)cccc2F)=CC1=O. The summed E-state index contributed by atoms with van der Waals surface area (Å²) >= 11 is 0. The van der Waals surface area contributed by atoms with E-state index in [4.69, 9.17) is 9.47 Å². The van der Waals surface area contributed by atoms with Crippen molar-refractivity contribution >= 4 is 11.9 Å². The predicted molar refractivity (Wildman–Crippen MR) is 77.5 cm³/mol. The van der Waals surface area contributed by atoms with E-state index in [0.717, 1.165) is 18.2 Å². The number of nitrogens with zero attached hydrogens (tertiary/aromatic N) is 1. The highest BCUT2D eigenvalue weighted by molar-refractivity contribution is 5.94. The predicted octanol–water partition coefficient (Wildman–Crippen LogP) is 2.41. The van der Waals surface area contributed by atoms with Gasteiger partial charge in [-0.3, -0.25) is 4.79 Å². The molecule has 7 heteroatoms. The van der Waals surface area contributed by atoms with E-state index in [1.165, 1.54) is 18.1 Å². The minimum atomic E-state index is -0.866. The highest BCUT2D eigenvalue weighted by atomic mass is 19.1. The highest BCUT2D eigenvalue weighted by Crippen LogP contribution is 2.26.